The summed E-state index contributed by atoms with van der Waals surface area (Å²) < 4.78 is 1.54. The van der Waals surface area contributed by atoms with Crippen LogP contribution in [-0.4, -0.2) is 20.2 Å². The van der Waals surface area contributed by atoms with Gasteiger partial charge >= 0.3 is 0 Å². The standard InChI is InChI=1S/C10H11N5/c1-2-8-4-3-5-9(6-8)7-15-10(11)12-13-14-15/h2-6H,1,7H2,(H2,11,12,14). The molecule has 5 nitrogen and oxygen atoms in total. The van der Waals surface area contributed by atoms with Gasteiger partial charge in [-0.3, -0.25) is 0 Å². The Morgan fingerprint density at radius 1 is 1.47 bits per heavy atom. The van der Waals surface area contributed by atoms with E-state index >= 15 is 0 Å². The molecule has 2 aromatic rings. The quantitative estimate of drug-likeness (QED) is 0.802. The van der Waals surface area contributed by atoms with Crippen molar-refractivity contribution in [3.05, 3.63) is 42.0 Å². The maximum Gasteiger partial charge on any atom is 0.240 e. The van der Waals surface area contributed by atoms with E-state index < -0.39 is 0 Å². The summed E-state index contributed by atoms with van der Waals surface area (Å²) in [4.78, 5) is 0. The Bertz CT molecular complexity index is 474. The largest absolute Gasteiger partial charge is 0.367 e. The lowest BCUT2D eigenvalue weighted by Crippen LogP contribution is -2.06. The summed E-state index contributed by atoms with van der Waals surface area (Å²) in [7, 11) is 0. The molecule has 5 heteroatoms. The summed E-state index contributed by atoms with van der Waals surface area (Å²) in [5, 5.41) is 10.9. The van der Waals surface area contributed by atoms with Crippen LogP contribution in [0.2, 0.25) is 0 Å². The molecule has 15 heavy (non-hydrogen) atoms. The number of aromatic nitrogens is 4. The van der Waals surface area contributed by atoms with Crippen LogP contribution in [0.1, 0.15) is 11.1 Å². The Labute approximate surface area is 87.2 Å². The summed E-state index contributed by atoms with van der Waals surface area (Å²) in [5.74, 6) is 0.319. The first-order chi connectivity index (χ1) is 7.29. The first-order valence-corrected chi connectivity index (χ1v) is 4.52. The highest BCUT2D eigenvalue weighted by atomic mass is 15.6. The van der Waals surface area contributed by atoms with E-state index in [0.717, 1.165) is 11.1 Å². The minimum Gasteiger partial charge on any atom is -0.367 e. The molecule has 2 rings (SSSR count). The number of nitrogen functional groups attached to an aromatic ring is 1. The number of nitrogens with two attached hydrogens (primary N) is 1. The molecule has 1 aromatic carbocycles. The van der Waals surface area contributed by atoms with Crippen LogP contribution < -0.4 is 5.73 Å². The monoisotopic (exact) mass is 201 g/mol. The molecular weight excluding hydrogens is 190 g/mol. The molecule has 2 N–H and O–H groups in total. The molecule has 0 atom stereocenters. The van der Waals surface area contributed by atoms with Crippen molar-refractivity contribution in [1.29, 1.82) is 0 Å². The number of anilines is 1. The SMILES string of the molecule is C=Cc1cccc(Cn2nnnc2N)c1. The van der Waals surface area contributed by atoms with E-state index in [1.54, 1.807) is 10.8 Å². The summed E-state index contributed by atoms with van der Waals surface area (Å²) in [6.07, 6.45) is 1.80. The van der Waals surface area contributed by atoms with Gasteiger partial charge in [-0.1, -0.05) is 36.0 Å². The molecule has 76 valence electrons. The zero-order valence-corrected chi connectivity index (χ0v) is 8.17. The van der Waals surface area contributed by atoms with E-state index in [4.69, 9.17) is 5.73 Å². The number of hydrogen-bond donors (Lipinski definition) is 1. The molecule has 0 amide bonds. The Kier molecular flexibility index (Phi) is 2.45. The smallest absolute Gasteiger partial charge is 0.240 e. The molecule has 0 saturated carbocycles. The van der Waals surface area contributed by atoms with Crippen LogP contribution in [0.4, 0.5) is 5.95 Å². The van der Waals surface area contributed by atoms with Gasteiger partial charge in [0.15, 0.2) is 0 Å². The third-order valence-corrected chi connectivity index (χ3v) is 2.08. The highest BCUT2D eigenvalue weighted by Crippen LogP contribution is 2.08. The van der Waals surface area contributed by atoms with Gasteiger partial charge in [0.25, 0.3) is 0 Å². The van der Waals surface area contributed by atoms with Crippen molar-refractivity contribution >= 4 is 12.0 Å². The molecule has 0 spiro atoms. The summed E-state index contributed by atoms with van der Waals surface area (Å²) in [6, 6.07) is 7.97. The van der Waals surface area contributed by atoms with Crippen LogP contribution in [0.3, 0.4) is 0 Å². The van der Waals surface area contributed by atoms with Gasteiger partial charge in [0.2, 0.25) is 5.95 Å². The van der Waals surface area contributed by atoms with Crippen LogP contribution in [0, 0.1) is 0 Å². The van der Waals surface area contributed by atoms with E-state index in [2.05, 4.69) is 22.1 Å². The average Bonchev–Trinajstić information content (AvgIpc) is 2.65. The van der Waals surface area contributed by atoms with Gasteiger partial charge in [0, 0.05) is 0 Å². The minimum atomic E-state index is 0.319. The number of tetrazole rings is 1. The van der Waals surface area contributed by atoms with Gasteiger partial charge in [-0.2, -0.15) is 0 Å². The van der Waals surface area contributed by atoms with Crippen LogP contribution in [0.5, 0.6) is 0 Å². The second-order valence-electron chi connectivity index (χ2n) is 3.14. The average molecular weight is 201 g/mol. The Balaban J connectivity index is 2.24. The maximum absolute atomic E-state index is 5.57. The zero-order valence-electron chi connectivity index (χ0n) is 8.17. The molecule has 0 fully saturated rings. The van der Waals surface area contributed by atoms with Crippen LogP contribution in [-0.2, 0) is 6.54 Å². The lowest BCUT2D eigenvalue weighted by atomic mass is 10.1. The fourth-order valence-corrected chi connectivity index (χ4v) is 1.32. The maximum atomic E-state index is 5.57. The molecule has 1 aromatic heterocycles. The Hall–Kier alpha value is -2.17. The normalized spacial score (nSPS) is 10.1. The first kappa shape index (κ1) is 9.39. The fourth-order valence-electron chi connectivity index (χ4n) is 1.32. The number of rotatable bonds is 3. The number of nitrogens with zero attached hydrogens (tertiary/aromatic N) is 4. The minimum absolute atomic E-state index is 0.319. The van der Waals surface area contributed by atoms with Crippen molar-refractivity contribution in [1.82, 2.24) is 20.2 Å². The van der Waals surface area contributed by atoms with Crippen LogP contribution >= 0.6 is 0 Å². The van der Waals surface area contributed by atoms with Crippen molar-refractivity contribution in [2.24, 2.45) is 0 Å². The zero-order chi connectivity index (χ0) is 10.7. The Morgan fingerprint density at radius 2 is 2.33 bits per heavy atom. The van der Waals surface area contributed by atoms with Gasteiger partial charge in [-0.05, 0) is 27.6 Å². The van der Waals surface area contributed by atoms with E-state index in [0.29, 0.717) is 12.5 Å². The topological polar surface area (TPSA) is 69.6 Å². The molecule has 0 unspecified atom stereocenters. The van der Waals surface area contributed by atoms with Gasteiger partial charge in [0.1, 0.15) is 0 Å². The van der Waals surface area contributed by atoms with Crippen LogP contribution in [0.15, 0.2) is 30.8 Å². The molecule has 0 bridgehead atoms. The van der Waals surface area contributed by atoms with Crippen molar-refractivity contribution in [2.75, 3.05) is 5.73 Å². The van der Waals surface area contributed by atoms with Crippen molar-refractivity contribution < 1.29 is 0 Å². The summed E-state index contributed by atoms with van der Waals surface area (Å²) >= 11 is 0. The molecule has 0 aliphatic heterocycles. The van der Waals surface area contributed by atoms with Crippen molar-refractivity contribution in [2.45, 2.75) is 6.54 Å². The lowest BCUT2D eigenvalue weighted by Gasteiger charge is -2.02. The predicted molar refractivity (Wildman–Crippen MR) is 57.9 cm³/mol. The molecular formula is C10H11N5. The predicted octanol–water partition coefficient (Wildman–Crippen LogP) is 0.947. The second-order valence-corrected chi connectivity index (χ2v) is 3.14. The van der Waals surface area contributed by atoms with E-state index in [1.807, 2.05) is 24.3 Å². The van der Waals surface area contributed by atoms with Crippen LogP contribution in [0.25, 0.3) is 6.08 Å². The molecule has 1 heterocycles. The van der Waals surface area contributed by atoms with Gasteiger partial charge < -0.3 is 5.73 Å². The van der Waals surface area contributed by atoms with Gasteiger partial charge in [0.05, 0.1) is 6.54 Å². The highest BCUT2D eigenvalue weighted by Gasteiger charge is 2.01. The Morgan fingerprint density at radius 3 is 3.00 bits per heavy atom. The molecule has 0 aliphatic carbocycles. The van der Waals surface area contributed by atoms with E-state index in [-0.39, 0.29) is 0 Å². The highest BCUT2D eigenvalue weighted by molar-refractivity contribution is 5.47. The molecule has 0 radical (unpaired) electrons. The second kappa shape index (κ2) is 3.91. The van der Waals surface area contributed by atoms with Gasteiger partial charge in [-0.25, -0.2) is 4.68 Å². The van der Waals surface area contributed by atoms with E-state index in [1.165, 1.54) is 0 Å². The van der Waals surface area contributed by atoms with Gasteiger partial charge in [-0.15, -0.1) is 0 Å². The van der Waals surface area contributed by atoms with Crippen molar-refractivity contribution in [3.8, 4) is 0 Å². The number of hydrogen-bond acceptors (Lipinski definition) is 4. The number of benzene rings is 1. The third kappa shape index (κ3) is 2.01. The molecule has 0 saturated heterocycles. The first-order valence-electron chi connectivity index (χ1n) is 4.52. The fraction of sp³-hybridized carbons (Fsp3) is 0.100. The van der Waals surface area contributed by atoms with Crippen molar-refractivity contribution in [3.63, 3.8) is 0 Å². The summed E-state index contributed by atoms with van der Waals surface area (Å²) in [5.41, 5.74) is 7.72. The molecule has 0 aliphatic rings. The summed E-state index contributed by atoms with van der Waals surface area (Å²) in [6.45, 7) is 4.28. The third-order valence-electron chi connectivity index (χ3n) is 2.08. The lowest BCUT2D eigenvalue weighted by molar-refractivity contribution is 0.655. The van der Waals surface area contributed by atoms with E-state index in [9.17, 15) is 0 Å².